The van der Waals surface area contributed by atoms with Crippen LogP contribution in [0.1, 0.15) is 88.2 Å². The normalized spacial score (nSPS) is 11.4. The highest BCUT2D eigenvalue weighted by molar-refractivity contribution is 5.78. The van der Waals surface area contributed by atoms with E-state index in [1.165, 1.54) is 18.4 Å². The molecule has 2 aromatic rings. The minimum Gasteiger partial charge on any atom is -0.496 e. The van der Waals surface area contributed by atoms with Gasteiger partial charge in [-0.2, -0.15) is 0 Å². The van der Waals surface area contributed by atoms with Crippen LogP contribution in [0.25, 0.3) is 11.1 Å². The maximum atomic E-state index is 10.3. The van der Waals surface area contributed by atoms with E-state index in [1.54, 1.807) is 7.11 Å². The third-order valence-corrected chi connectivity index (χ3v) is 5.12. The zero-order valence-electron chi connectivity index (χ0n) is 17.8. The van der Waals surface area contributed by atoms with Gasteiger partial charge in [0.2, 0.25) is 0 Å². The van der Waals surface area contributed by atoms with E-state index in [-0.39, 0.29) is 12.5 Å². The molecule has 0 spiro atoms. The Kier molecular flexibility index (Phi) is 7.85. The summed E-state index contributed by atoms with van der Waals surface area (Å²) in [6, 6.07) is 8.13. The largest absolute Gasteiger partial charge is 0.496 e. The van der Waals surface area contributed by atoms with Gasteiger partial charge in [0, 0.05) is 22.5 Å². The predicted octanol–water partition coefficient (Wildman–Crippen LogP) is 6.23. The van der Waals surface area contributed by atoms with E-state index in [0.717, 1.165) is 46.7 Å². The summed E-state index contributed by atoms with van der Waals surface area (Å²) in [5.74, 6) is 1.43. The van der Waals surface area contributed by atoms with Gasteiger partial charge in [-0.05, 0) is 41.9 Å². The third kappa shape index (κ3) is 4.70. The van der Waals surface area contributed by atoms with E-state index < -0.39 is 0 Å². The molecular formula is C24H35NO2. The first-order chi connectivity index (χ1) is 13.0. The maximum absolute atomic E-state index is 10.3. The molecule has 0 unspecified atom stereocenters. The second kappa shape index (κ2) is 9.89. The lowest BCUT2D eigenvalue weighted by atomic mass is 9.85. The number of aliphatic hydroxyl groups is 1. The topological polar surface area (TPSA) is 42.4 Å². The highest BCUT2D eigenvalue weighted by atomic mass is 16.5. The average molecular weight is 370 g/mol. The van der Waals surface area contributed by atoms with Crippen LogP contribution in [0.15, 0.2) is 24.3 Å². The van der Waals surface area contributed by atoms with Crippen LogP contribution < -0.4 is 4.74 Å². The van der Waals surface area contributed by atoms with Crippen molar-refractivity contribution in [3.05, 3.63) is 46.8 Å². The van der Waals surface area contributed by atoms with Gasteiger partial charge in [0.1, 0.15) is 5.75 Å². The summed E-state index contributed by atoms with van der Waals surface area (Å²) in [5.41, 5.74) is 6.58. The fourth-order valence-corrected chi connectivity index (χ4v) is 3.80. The summed E-state index contributed by atoms with van der Waals surface area (Å²) in [6.07, 6.45) is 4.49. The number of methoxy groups -OCH3 is 1. The van der Waals surface area contributed by atoms with Crippen LogP contribution >= 0.6 is 0 Å². The molecule has 2 rings (SSSR count). The molecule has 0 radical (unpaired) electrons. The quantitative estimate of drug-likeness (QED) is 0.533. The number of nitrogens with zero attached hydrogens (tertiary/aromatic N) is 1. The van der Waals surface area contributed by atoms with Gasteiger partial charge in [0.15, 0.2) is 0 Å². The van der Waals surface area contributed by atoms with Crippen LogP contribution in [0.4, 0.5) is 0 Å². The molecule has 0 aliphatic heterocycles. The van der Waals surface area contributed by atoms with Crippen molar-refractivity contribution >= 4 is 0 Å². The van der Waals surface area contributed by atoms with Crippen molar-refractivity contribution < 1.29 is 9.84 Å². The molecule has 0 fully saturated rings. The van der Waals surface area contributed by atoms with Crippen LogP contribution in [0.3, 0.4) is 0 Å². The molecule has 0 aliphatic carbocycles. The molecule has 3 nitrogen and oxygen atoms in total. The number of rotatable bonds is 9. The second-order valence-corrected chi connectivity index (χ2v) is 7.84. The smallest absolute Gasteiger partial charge is 0.126 e. The number of aromatic nitrogens is 1. The number of hydrogen-bond donors (Lipinski definition) is 1. The number of ether oxygens (including phenoxy) is 1. The van der Waals surface area contributed by atoms with E-state index in [1.807, 2.05) is 18.2 Å². The van der Waals surface area contributed by atoms with Gasteiger partial charge in [-0.25, -0.2) is 0 Å². The third-order valence-electron chi connectivity index (χ3n) is 5.12. The number of hydrogen-bond acceptors (Lipinski definition) is 3. The summed E-state index contributed by atoms with van der Waals surface area (Å²) in [5, 5.41) is 10.3. The monoisotopic (exact) mass is 369 g/mol. The molecule has 0 saturated carbocycles. The van der Waals surface area contributed by atoms with Gasteiger partial charge in [0.05, 0.1) is 13.7 Å². The van der Waals surface area contributed by atoms with Crippen LogP contribution in [-0.4, -0.2) is 17.2 Å². The van der Waals surface area contributed by atoms with Crippen LogP contribution in [0, 0.1) is 0 Å². The molecule has 0 atom stereocenters. The fraction of sp³-hybridized carbons (Fsp3) is 0.542. The zero-order valence-corrected chi connectivity index (χ0v) is 17.8. The Balaban J connectivity index is 2.85. The Bertz CT molecular complexity index is 750. The summed E-state index contributed by atoms with van der Waals surface area (Å²) >= 11 is 0. The Morgan fingerprint density at radius 1 is 0.963 bits per heavy atom. The Labute approximate surface area is 164 Å². The number of aliphatic hydroxyl groups excluding tert-OH is 1. The summed E-state index contributed by atoms with van der Waals surface area (Å²) in [4.78, 5) is 5.06. The van der Waals surface area contributed by atoms with Crippen molar-refractivity contribution in [2.24, 2.45) is 0 Å². The number of benzene rings is 1. The van der Waals surface area contributed by atoms with Crippen molar-refractivity contribution in [1.82, 2.24) is 4.98 Å². The highest BCUT2D eigenvalue weighted by Crippen LogP contribution is 2.40. The Hall–Kier alpha value is -1.87. The first kappa shape index (κ1) is 21.4. The lowest BCUT2D eigenvalue weighted by molar-refractivity contribution is 0.279. The van der Waals surface area contributed by atoms with Crippen LogP contribution in [0.2, 0.25) is 0 Å². The van der Waals surface area contributed by atoms with Crippen LogP contribution in [-0.2, 0) is 13.0 Å². The summed E-state index contributed by atoms with van der Waals surface area (Å²) < 4.78 is 5.68. The molecule has 1 heterocycles. The highest BCUT2D eigenvalue weighted by Gasteiger charge is 2.24. The average Bonchev–Trinajstić information content (AvgIpc) is 2.66. The van der Waals surface area contributed by atoms with E-state index in [2.05, 4.69) is 40.7 Å². The Morgan fingerprint density at radius 3 is 2.15 bits per heavy atom. The first-order valence-electron chi connectivity index (χ1n) is 10.3. The predicted molar refractivity (Wildman–Crippen MR) is 114 cm³/mol. The van der Waals surface area contributed by atoms with Crippen molar-refractivity contribution in [3.8, 4) is 16.9 Å². The Morgan fingerprint density at radius 2 is 1.59 bits per heavy atom. The maximum Gasteiger partial charge on any atom is 0.126 e. The number of pyridine rings is 1. The van der Waals surface area contributed by atoms with Gasteiger partial charge >= 0.3 is 0 Å². The zero-order chi connectivity index (χ0) is 20.0. The molecule has 0 saturated heterocycles. The van der Waals surface area contributed by atoms with Gasteiger partial charge in [-0.3, -0.25) is 4.98 Å². The molecular weight excluding hydrogens is 334 g/mol. The van der Waals surface area contributed by atoms with Crippen LogP contribution in [0.5, 0.6) is 5.75 Å². The SMILES string of the molecule is CCCCCc1c(C(C)C)nc(C(C)C)c(CO)c1-c1ccccc1OC. The number of para-hydroxylation sites is 1. The molecule has 0 aliphatic rings. The number of unbranched alkanes of at least 4 members (excludes halogenated alkanes) is 2. The fourth-order valence-electron chi connectivity index (χ4n) is 3.80. The molecule has 3 heteroatoms. The van der Waals surface area contributed by atoms with Crippen molar-refractivity contribution in [3.63, 3.8) is 0 Å². The van der Waals surface area contributed by atoms with Gasteiger partial charge in [-0.1, -0.05) is 65.7 Å². The lowest BCUT2D eigenvalue weighted by Gasteiger charge is -2.25. The molecule has 0 bridgehead atoms. The molecule has 27 heavy (non-hydrogen) atoms. The van der Waals surface area contributed by atoms with Gasteiger partial charge < -0.3 is 9.84 Å². The van der Waals surface area contributed by atoms with Crippen molar-refractivity contribution in [2.75, 3.05) is 7.11 Å². The molecule has 1 N–H and O–H groups in total. The minimum atomic E-state index is -0.00690. The molecule has 0 amide bonds. The van der Waals surface area contributed by atoms with E-state index in [4.69, 9.17) is 9.72 Å². The van der Waals surface area contributed by atoms with Gasteiger partial charge in [0.25, 0.3) is 0 Å². The summed E-state index contributed by atoms with van der Waals surface area (Å²) in [7, 11) is 1.71. The summed E-state index contributed by atoms with van der Waals surface area (Å²) in [6.45, 7) is 10.9. The van der Waals surface area contributed by atoms with Crippen molar-refractivity contribution in [1.29, 1.82) is 0 Å². The van der Waals surface area contributed by atoms with E-state index in [0.29, 0.717) is 5.92 Å². The van der Waals surface area contributed by atoms with Gasteiger partial charge in [-0.15, -0.1) is 0 Å². The van der Waals surface area contributed by atoms with E-state index in [9.17, 15) is 5.11 Å². The minimum absolute atomic E-state index is 0.00690. The van der Waals surface area contributed by atoms with E-state index >= 15 is 0 Å². The first-order valence-corrected chi connectivity index (χ1v) is 10.3. The second-order valence-electron chi connectivity index (χ2n) is 7.84. The molecule has 148 valence electrons. The van der Waals surface area contributed by atoms with Crippen molar-refractivity contribution in [2.45, 2.75) is 78.7 Å². The molecule has 1 aromatic carbocycles. The lowest BCUT2D eigenvalue weighted by Crippen LogP contribution is -2.13. The molecule has 1 aromatic heterocycles. The standard InChI is InChI=1S/C24H35NO2/c1-7-8-9-13-19-22(18-12-10-11-14-21(18)27-6)20(15-26)24(17(4)5)25-23(19)16(2)3/h10-12,14,16-17,26H,7-9,13,15H2,1-6H3.